The van der Waals surface area contributed by atoms with Crippen LogP contribution in [0.2, 0.25) is 0 Å². The van der Waals surface area contributed by atoms with Crippen LogP contribution in [0.15, 0.2) is 48.8 Å². The van der Waals surface area contributed by atoms with Crippen molar-refractivity contribution < 1.29 is 22.6 Å². The van der Waals surface area contributed by atoms with Gasteiger partial charge in [0, 0.05) is 18.0 Å². The first kappa shape index (κ1) is 29.9. The Morgan fingerprint density at radius 1 is 0.775 bits per heavy atom. The highest BCUT2D eigenvalue weighted by Crippen LogP contribution is 2.50. The molecule has 1 atom stereocenters. The SMILES string of the molecule is CCCCCCCCOc1ccc(-c2cnc(-c3ccc4c(c3F)C(F)(F)C(CCCCCCC)O4)nc2)cc1. The van der Waals surface area contributed by atoms with Crippen LogP contribution < -0.4 is 9.47 Å². The summed E-state index contributed by atoms with van der Waals surface area (Å²) in [5.74, 6) is -3.66. The first-order valence-electron chi connectivity index (χ1n) is 14.9. The molecule has 7 heteroatoms. The number of rotatable bonds is 16. The fourth-order valence-electron chi connectivity index (χ4n) is 5.13. The summed E-state index contributed by atoms with van der Waals surface area (Å²) >= 11 is 0. The van der Waals surface area contributed by atoms with Gasteiger partial charge in [0.2, 0.25) is 0 Å². The zero-order valence-corrected chi connectivity index (χ0v) is 23.7. The van der Waals surface area contributed by atoms with Gasteiger partial charge in [0.1, 0.15) is 22.9 Å². The topological polar surface area (TPSA) is 44.2 Å². The van der Waals surface area contributed by atoms with E-state index in [9.17, 15) is 0 Å². The van der Waals surface area contributed by atoms with E-state index in [4.69, 9.17) is 9.47 Å². The minimum atomic E-state index is -3.40. The van der Waals surface area contributed by atoms with Crippen molar-refractivity contribution in [3.05, 3.63) is 60.2 Å². The second-order valence-corrected chi connectivity index (χ2v) is 10.7. The van der Waals surface area contributed by atoms with Gasteiger partial charge in [-0.1, -0.05) is 83.8 Å². The maximum Gasteiger partial charge on any atom is 0.315 e. The molecule has 0 fully saturated rings. The Bertz CT molecular complexity index is 1200. The first-order chi connectivity index (χ1) is 19.5. The Morgan fingerprint density at radius 2 is 1.40 bits per heavy atom. The quantitative estimate of drug-likeness (QED) is 0.165. The van der Waals surface area contributed by atoms with Gasteiger partial charge in [-0.3, -0.25) is 0 Å². The van der Waals surface area contributed by atoms with E-state index in [1.54, 1.807) is 12.4 Å². The number of alkyl halides is 2. The molecular weight excluding hydrogens is 513 g/mol. The number of hydrogen-bond donors (Lipinski definition) is 0. The molecule has 0 amide bonds. The molecule has 3 aromatic rings. The largest absolute Gasteiger partial charge is 0.494 e. The summed E-state index contributed by atoms with van der Waals surface area (Å²) in [6, 6.07) is 10.5. The summed E-state index contributed by atoms with van der Waals surface area (Å²) in [5.41, 5.74) is 0.877. The van der Waals surface area contributed by atoms with Crippen LogP contribution in [0.25, 0.3) is 22.5 Å². The number of ether oxygens (including phenoxy) is 2. The van der Waals surface area contributed by atoms with E-state index in [1.165, 1.54) is 44.2 Å². The molecule has 1 aliphatic rings. The molecule has 40 heavy (non-hydrogen) atoms. The van der Waals surface area contributed by atoms with Gasteiger partial charge in [0.05, 0.1) is 12.2 Å². The molecule has 1 aliphatic heterocycles. The number of hydrogen-bond acceptors (Lipinski definition) is 4. The molecular formula is C33H41F3N2O2. The number of halogens is 3. The van der Waals surface area contributed by atoms with Gasteiger partial charge in [0.25, 0.3) is 0 Å². The summed E-state index contributed by atoms with van der Waals surface area (Å²) in [4.78, 5) is 8.60. The Labute approximate surface area is 236 Å². The summed E-state index contributed by atoms with van der Waals surface area (Å²) in [7, 11) is 0. The summed E-state index contributed by atoms with van der Waals surface area (Å²) < 4.78 is 57.2. The molecule has 4 rings (SSSR count). The molecule has 0 spiro atoms. The van der Waals surface area contributed by atoms with E-state index >= 15 is 13.2 Å². The summed E-state index contributed by atoms with van der Waals surface area (Å²) in [6.07, 6.45) is 13.9. The van der Waals surface area contributed by atoms with Crippen LogP contribution in [0.5, 0.6) is 11.5 Å². The van der Waals surface area contributed by atoms with Crippen LogP contribution in [0.1, 0.15) is 96.5 Å². The minimum absolute atomic E-state index is 0.0572. The predicted molar refractivity (Wildman–Crippen MR) is 153 cm³/mol. The lowest BCUT2D eigenvalue weighted by Gasteiger charge is -2.18. The van der Waals surface area contributed by atoms with Crippen molar-refractivity contribution in [1.29, 1.82) is 0 Å². The molecule has 2 heterocycles. The van der Waals surface area contributed by atoms with Crippen LogP contribution in [0.3, 0.4) is 0 Å². The third-order valence-electron chi connectivity index (χ3n) is 7.53. The molecule has 0 bridgehead atoms. The van der Waals surface area contributed by atoms with Crippen molar-refractivity contribution in [2.24, 2.45) is 0 Å². The summed E-state index contributed by atoms with van der Waals surface area (Å²) in [6.45, 7) is 5.01. The third-order valence-corrected chi connectivity index (χ3v) is 7.53. The Balaban J connectivity index is 1.37. The minimum Gasteiger partial charge on any atom is -0.494 e. The van der Waals surface area contributed by atoms with E-state index < -0.39 is 23.4 Å². The Hall–Kier alpha value is -3.09. The van der Waals surface area contributed by atoms with E-state index in [2.05, 4.69) is 23.8 Å². The maximum absolute atomic E-state index is 15.4. The fraction of sp³-hybridized carbons (Fsp3) is 0.515. The molecule has 0 saturated heterocycles. The number of nitrogens with zero attached hydrogens (tertiary/aromatic N) is 2. The molecule has 0 N–H and O–H groups in total. The highest BCUT2D eigenvalue weighted by molar-refractivity contribution is 5.66. The molecule has 216 valence electrons. The van der Waals surface area contributed by atoms with Gasteiger partial charge >= 0.3 is 5.92 Å². The van der Waals surface area contributed by atoms with Crippen LogP contribution >= 0.6 is 0 Å². The van der Waals surface area contributed by atoms with Gasteiger partial charge in [-0.15, -0.1) is 0 Å². The molecule has 1 unspecified atom stereocenters. The number of benzene rings is 2. The normalized spacial score (nSPS) is 15.6. The third kappa shape index (κ3) is 7.35. The molecule has 0 radical (unpaired) electrons. The predicted octanol–water partition coefficient (Wildman–Crippen LogP) is 9.90. The van der Waals surface area contributed by atoms with Crippen molar-refractivity contribution in [1.82, 2.24) is 9.97 Å². The average Bonchev–Trinajstić information content (AvgIpc) is 3.23. The van der Waals surface area contributed by atoms with E-state index in [0.29, 0.717) is 13.0 Å². The van der Waals surface area contributed by atoms with Crippen molar-refractivity contribution in [3.8, 4) is 34.0 Å². The van der Waals surface area contributed by atoms with Crippen LogP contribution in [0.4, 0.5) is 13.2 Å². The average molecular weight is 555 g/mol. The lowest BCUT2D eigenvalue weighted by Crippen LogP contribution is -2.30. The molecule has 4 nitrogen and oxygen atoms in total. The zero-order valence-electron chi connectivity index (χ0n) is 23.7. The number of aromatic nitrogens is 2. The van der Waals surface area contributed by atoms with Gasteiger partial charge in [-0.25, -0.2) is 14.4 Å². The van der Waals surface area contributed by atoms with Crippen LogP contribution in [0, 0.1) is 5.82 Å². The highest BCUT2D eigenvalue weighted by Gasteiger charge is 2.53. The van der Waals surface area contributed by atoms with Gasteiger partial charge < -0.3 is 9.47 Å². The maximum atomic E-state index is 15.4. The first-order valence-corrected chi connectivity index (χ1v) is 14.9. The highest BCUT2D eigenvalue weighted by atomic mass is 19.3. The molecule has 1 aromatic heterocycles. The summed E-state index contributed by atoms with van der Waals surface area (Å²) in [5, 5.41) is 0. The van der Waals surface area contributed by atoms with Gasteiger partial charge in [-0.2, -0.15) is 8.78 Å². The lowest BCUT2D eigenvalue weighted by atomic mass is 9.98. The van der Waals surface area contributed by atoms with Gasteiger partial charge in [0.15, 0.2) is 11.9 Å². The van der Waals surface area contributed by atoms with Crippen molar-refractivity contribution in [2.75, 3.05) is 6.61 Å². The lowest BCUT2D eigenvalue weighted by molar-refractivity contribution is -0.0811. The molecule has 0 saturated carbocycles. The second kappa shape index (κ2) is 14.5. The van der Waals surface area contributed by atoms with E-state index in [1.807, 2.05) is 24.3 Å². The standard InChI is InChI=1S/C33H41F3N2O2/c1-3-5-7-9-11-13-21-39-26-17-15-24(16-18-26)25-22-37-32(38-23-25)27-19-20-28-30(31(27)34)33(35,36)29(40-28)14-12-10-8-6-4-2/h15-20,22-23,29H,3-14,21H2,1-2H3. The van der Waals surface area contributed by atoms with E-state index in [0.717, 1.165) is 49.0 Å². The monoisotopic (exact) mass is 554 g/mol. The Morgan fingerprint density at radius 3 is 2.08 bits per heavy atom. The van der Waals surface area contributed by atoms with Crippen LogP contribution in [-0.2, 0) is 5.92 Å². The van der Waals surface area contributed by atoms with Crippen molar-refractivity contribution in [2.45, 2.75) is 103 Å². The smallest absolute Gasteiger partial charge is 0.315 e. The van der Waals surface area contributed by atoms with Crippen LogP contribution in [-0.4, -0.2) is 22.7 Å². The fourth-order valence-corrected chi connectivity index (χ4v) is 5.13. The molecule has 0 aliphatic carbocycles. The second-order valence-electron chi connectivity index (χ2n) is 10.7. The van der Waals surface area contributed by atoms with Crippen molar-refractivity contribution >= 4 is 0 Å². The zero-order chi connectivity index (χ0) is 28.4. The number of fused-ring (bicyclic) bond motifs is 1. The number of unbranched alkanes of at least 4 members (excludes halogenated alkanes) is 9. The molecule has 2 aromatic carbocycles. The Kier molecular flexibility index (Phi) is 10.8. The van der Waals surface area contributed by atoms with Gasteiger partial charge in [-0.05, 0) is 49.1 Å². The van der Waals surface area contributed by atoms with Crippen molar-refractivity contribution in [3.63, 3.8) is 0 Å². The van der Waals surface area contributed by atoms with E-state index in [-0.39, 0.29) is 23.6 Å².